The highest BCUT2D eigenvalue weighted by atomic mass is 32.2. The van der Waals surface area contributed by atoms with Gasteiger partial charge in [0.25, 0.3) is 0 Å². The number of carbonyl (C=O) groups is 1. The van der Waals surface area contributed by atoms with Gasteiger partial charge < -0.3 is 10.0 Å². The van der Waals surface area contributed by atoms with E-state index in [1.54, 1.807) is 4.90 Å². The van der Waals surface area contributed by atoms with Crippen molar-refractivity contribution in [1.29, 1.82) is 0 Å². The SMILES string of the molecule is CN(CC(=O)N(c1ccccc1)[C@@H]1CCS(=O)(=O)C1)[C@H](CCO)c1ccccc1. The van der Waals surface area contributed by atoms with E-state index in [1.807, 2.05) is 72.6 Å². The largest absolute Gasteiger partial charge is 0.396 e. The number of hydrogen-bond donors (Lipinski definition) is 1. The summed E-state index contributed by atoms with van der Waals surface area (Å²) in [5, 5.41) is 9.51. The van der Waals surface area contributed by atoms with Crippen molar-refractivity contribution in [2.45, 2.75) is 24.9 Å². The molecule has 0 spiro atoms. The molecule has 1 heterocycles. The minimum Gasteiger partial charge on any atom is -0.396 e. The van der Waals surface area contributed by atoms with Gasteiger partial charge in [0, 0.05) is 18.3 Å². The fraction of sp³-hybridized carbons (Fsp3) is 0.409. The van der Waals surface area contributed by atoms with E-state index in [1.165, 1.54) is 0 Å². The molecule has 7 heteroatoms. The number of carbonyl (C=O) groups excluding carboxylic acids is 1. The van der Waals surface area contributed by atoms with Gasteiger partial charge in [-0.05, 0) is 37.6 Å². The number of aliphatic hydroxyl groups is 1. The lowest BCUT2D eigenvalue weighted by Crippen LogP contribution is -2.46. The molecule has 1 fully saturated rings. The predicted molar refractivity (Wildman–Crippen MR) is 115 cm³/mol. The highest BCUT2D eigenvalue weighted by Gasteiger charge is 2.36. The molecule has 0 saturated carbocycles. The second-order valence-electron chi connectivity index (χ2n) is 7.51. The van der Waals surface area contributed by atoms with Gasteiger partial charge in [0.05, 0.1) is 24.1 Å². The third-order valence-electron chi connectivity index (χ3n) is 5.38. The Morgan fingerprint density at radius 2 is 1.72 bits per heavy atom. The molecule has 0 radical (unpaired) electrons. The van der Waals surface area contributed by atoms with Crippen LogP contribution in [0.1, 0.15) is 24.4 Å². The summed E-state index contributed by atoms with van der Waals surface area (Å²) in [6.45, 7) is 0.145. The quantitative estimate of drug-likeness (QED) is 0.714. The predicted octanol–water partition coefficient (Wildman–Crippen LogP) is 2.26. The van der Waals surface area contributed by atoms with Crippen molar-refractivity contribution in [3.63, 3.8) is 0 Å². The van der Waals surface area contributed by atoms with Crippen molar-refractivity contribution in [1.82, 2.24) is 4.90 Å². The van der Waals surface area contributed by atoms with Crippen LogP contribution in [0, 0.1) is 0 Å². The Bertz CT molecular complexity index is 903. The van der Waals surface area contributed by atoms with E-state index in [9.17, 15) is 18.3 Å². The van der Waals surface area contributed by atoms with Gasteiger partial charge in [-0.1, -0.05) is 48.5 Å². The number of benzene rings is 2. The Balaban J connectivity index is 1.82. The topological polar surface area (TPSA) is 77.9 Å². The summed E-state index contributed by atoms with van der Waals surface area (Å²) < 4.78 is 24.0. The Morgan fingerprint density at radius 1 is 1.10 bits per heavy atom. The van der Waals surface area contributed by atoms with E-state index in [-0.39, 0.29) is 42.6 Å². The fourth-order valence-corrected chi connectivity index (χ4v) is 5.66. The standard InChI is InChI=1S/C22H28N2O4S/c1-23(21(12-14-25)18-8-4-2-5-9-18)16-22(26)24(19-10-6-3-7-11-19)20-13-15-29(27,28)17-20/h2-11,20-21,25H,12-17H2,1H3/t20-,21-/m1/s1. The first-order chi connectivity index (χ1) is 13.9. The van der Waals surface area contributed by atoms with Gasteiger partial charge in [-0.25, -0.2) is 8.42 Å². The van der Waals surface area contributed by atoms with Crippen LogP contribution in [0.4, 0.5) is 5.69 Å². The molecule has 1 aliphatic heterocycles. The van der Waals surface area contributed by atoms with Crippen molar-refractivity contribution in [2.24, 2.45) is 0 Å². The molecule has 29 heavy (non-hydrogen) atoms. The van der Waals surface area contributed by atoms with Crippen LogP contribution in [-0.4, -0.2) is 62.1 Å². The number of sulfone groups is 1. The first-order valence-corrected chi connectivity index (χ1v) is 11.7. The maximum Gasteiger partial charge on any atom is 0.241 e. The maximum atomic E-state index is 13.3. The van der Waals surface area contributed by atoms with E-state index < -0.39 is 9.84 Å². The van der Waals surface area contributed by atoms with Gasteiger partial charge in [-0.2, -0.15) is 0 Å². The molecule has 1 saturated heterocycles. The lowest BCUT2D eigenvalue weighted by molar-refractivity contribution is -0.120. The maximum absolute atomic E-state index is 13.3. The first-order valence-electron chi connectivity index (χ1n) is 9.85. The van der Waals surface area contributed by atoms with Gasteiger partial charge in [-0.3, -0.25) is 9.69 Å². The zero-order valence-electron chi connectivity index (χ0n) is 16.6. The summed E-state index contributed by atoms with van der Waals surface area (Å²) in [6, 6.07) is 18.6. The molecule has 0 bridgehead atoms. The van der Waals surface area contributed by atoms with Crippen molar-refractivity contribution in [3.8, 4) is 0 Å². The highest BCUT2D eigenvalue weighted by molar-refractivity contribution is 7.91. The molecule has 6 nitrogen and oxygen atoms in total. The van der Waals surface area contributed by atoms with Crippen molar-refractivity contribution in [3.05, 3.63) is 66.2 Å². The molecular formula is C22H28N2O4S. The minimum atomic E-state index is -3.12. The van der Waals surface area contributed by atoms with E-state index in [4.69, 9.17) is 0 Å². The smallest absolute Gasteiger partial charge is 0.241 e. The van der Waals surface area contributed by atoms with Gasteiger partial charge in [0.15, 0.2) is 9.84 Å². The number of aliphatic hydroxyl groups excluding tert-OH is 1. The van der Waals surface area contributed by atoms with Crippen LogP contribution in [0.15, 0.2) is 60.7 Å². The number of hydrogen-bond acceptors (Lipinski definition) is 5. The molecule has 0 unspecified atom stereocenters. The number of para-hydroxylation sites is 1. The average Bonchev–Trinajstić information content (AvgIpc) is 3.06. The molecule has 156 valence electrons. The summed E-state index contributed by atoms with van der Waals surface area (Å²) >= 11 is 0. The van der Waals surface area contributed by atoms with Crippen LogP contribution >= 0.6 is 0 Å². The molecule has 1 N–H and O–H groups in total. The Morgan fingerprint density at radius 3 is 2.28 bits per heavy atom. The summed E-state index contributed by atoms with van der Waals surface area (Å²) in [6.07, 6.45) is 0.961. The van der Waals surface area contributed by atoms with E-state index in [2.05, 4.69) is 0 Å². The van der Waals surface area contributed by atoms with Gasteiger partial charge in [-0.15, -0.1) is 0 Å². The van der Waals surface area contributed by atoms with E-state index in [0.717, 1.165) is 5.56 Å². The van der Waals surface area contributed by atoms with Crippen molar-refractivity contribution >= 4 is 21.4 Å². The molecule has 2 aromatic rings. The number of rotatable bonds is 8. The Kier molecular flexibility index (Phi) is 7.05. The van der Waals surface area contributed by atoms with Crippen LogP contribution in [0.3, 0.4) is 0 Å². The average molecular weight is 417 g/mol. The van der Waals surface area contributed by atoms with Gasteiger partial charge in [0.2, 0.25) is 5.91 Å². The summed E-state index contributed by atoms with van der Waals surface area (Å²) in [5.41, 5.74) is 1.75. The lowest BCUT2D eigenvalue weighted by Gasteiger charge is -2.33. The van der Waals surface area contributed by atoms with Crippen LogP contribution in [0.25, 0.3) is 0 Å². The second-order valence-corrected chi connectivity index (χ2v) is 9.74. The third kappa shape index (κ3) is 5.44. The Labute approximate surface area is 172 Å². The highest BCUT2D eigenvalue weighted by Crippen LogP contribution is 2.27. The zero-order valence-corrected chi connectivity index (χ0v) is 17.5. The number of anilines is 1. The molecule has 0 aromatic heterocycles. The number of likely N-dealkylation sites (N-methyl/N-ethyl adjacent to an activating group) is 1. The molecule has 1 amide bonds. The summed E-state index contributed by atoms with van der Waals surface area (Å²) in [4.78, 5) is 16.9. The third-order valence-corrected chi connectivity index (χ3v) is 7.13. The van der Waals surface area contributed by atoms with Crippen molar-refractivity contribution in [2.75, 3.05) is 36.6 Å². The van der Waals surface area contributed by atoms with E-state index >= 15 is 0 Å². The molecule has 3 rings (SSSR count). The molecule has 1 aliphatic rings. The normalized spacial score (nSPS) is 19.2. The van der Waals surface area contributed by atoms with E-state index in [0.29, 0.717) is 18.5 Å². The summed E-state index contributed by atoms with van der Waals surface area (Å²) in [7, 11) is -1.26. The molecular weight excluding hydrogens is 388 g/mol. The number of amides is 1. The first kappa shape index (κ1) is 21.5. The van der Waals surface area contributed by atoms with Crippen molar-refractivity contribution < 1.29 is 18.3 Å². The molecule has 2 atom stereocenters. The second kappa shape index (κ2) is 9.52. The Hall–Kier alpha value is -2.22. The van der Waals surface area contributed by atoms with Crippen LogP contribution < -0.4 is 4.90 Å². The monoisotopic (exact) mass is 416 g/mol. The minimum absolute atomic E-state index is 0.00387. The zero-order chi connectivity index (χ0) is 20.9. The van der Waals surface area contributed by atoms with Crippen LogP contribution in [0.2, 0.25) is 0 Å². The number of nitrogens with zero attached hydrogens (tertiary/aromatic N) is 2. The van der Waals surface area contributed by atoms with Crippen LogP contribution in [0.5, 0.6) is 0 Å². The molecule has 0 aliphatic carbocycles. The molecule has 2 aromatic carbocycles. The lowest BCUT2D eigenvalue weighted by atomic mass is 10.0. The van der Waals surface area contributed by atoms with Crippen LogP contribution in [-0.2, 0) is 14.6 Å². The van der Waals surface area contributed by atoms with Gasteiger partial charge >= 0.3 is 0 Å². The fourth-order valence-electron chi connectivity index (χ4n) is 3.96. The summed E-state index contributed by atoms with van der Waals surface area (Å²) in [5.74, 6) is -0.0307. The van der Waals surface area contributed by atoms with Gasteiger partial charge in [0.1, 0.15) is 0 Å².